The standard InChI is InChI=1S/C13H15NO3/c1-10(2)12(15)8-9-14-13(16)17-11-6-4-3-5-7-11/h3-7H,1,8-9H2,2H3,(H,14,16). The highest BCUT2D eigenvalue weighted by Gasteiger charge is 2.05. The highest BCUT2D eigenvalue weighted by atomic mass is 16.5. The molecule has 90 valence electrons. The van der Waals surface area contributed by atoms with Crippen LogP contribution in [0.25, 0.3) is 0 Å². The van der Waals surface area contributed by atoms with E-state index in [0.29, 0.717) is 11.3 Å². The van der Waals surface area contributed by atoms with Crippen molar-refractivity contribution >= 4 is 11.9 Å². The fourth-order valence-electron chi connectivity index (χ4n) is 1.12. The van der Waals surface area contributed by atoms with Crippen LogP contribution in [0.1, 0.15) is 13.3 Å². The quantitative estimate of drug-likeness (QED) is 0.794. The van der Waals surface area contributed by atoms with Crippen molar-refractivity contribution in [3.63, 3.8) is 0 Å². The Morgan fingerprint density at radius 2 is 1.94 bits per heavy atom. The van der Waals surface area contributed by atoms with Gasteiger partial charge < -0.3 is 10.1 Å². The summed E-state index contributed by atoms with van der Waals surface area (Å²) in [6.07, 6.45) is -0.329. The molecule has 0 bridgehead atoms. The third-order valence-electron chi connectivity index (χ3n) is 2.05. The summed E-state index contributed by atoms with van der Waals surface area (Å²) in [4.78, 5) is 22.5. The Bertz CT molecular complexity index is 412. The number of carbonyl (C=O) groups is 2. The summed E-state index contributed by atoms with van der Waals surface area (Å²) in [6, 6.07) is 8.73. The van der Waals surface area contributed by atoms with Crippen LogP contribution >= 0.6 is 0 Å². The van der Waals surface area contributed by atoms with Crippen molar-refractivity contribution in [2.24, 2.45) is 0 Å². The van der Waals surface area contributed by atoms with E-state index >= 15 is 0 Å². The normalized spacial score (nSPS) is 9.47. The molecule has 0 saturated carbocycles. The van der Waals surface area contributed by atoms with Crippen molar-refractivity contribution < 1.29 is 14.3 Å². The largest absolute Gasteiger partial charge is 0.412 e. The molecular formula is C13H15NO3. The van der Waals surface area contributed by atoms with Gasteiger partial charge in [-0.15, -0.1) is 0 Å². The molecule has 0 atom stereocenters. The molecule has 4 heteroatoms. The predicted octanol–water partition coefficient (Wildman–Crippen LogP) is 2.31. The molecule has 1 aromatic rings. The smallest absolute Gasteiger partial charge is 0.410 e. The Morgan fingerprint density at radius 3 is 2.53 bits per heavy atom. The molecule has 0 spiro atoms. The van der Waals surface area contributed by atoms with E-state index in [2.05, 4.69) is 11.9 Å². The minimum atomic E-state index is -0.564. The molecule has 0 aliphatic heterocycles. The fraction of sp³-hybridized carbons (Fsp3) is 0.231. The van der Waals surface area contributed by atoms with Gasteiger partial charge in [0.2, 0.25) is 0 Å². The van der Waals surface area contributed by atoms with Crippen LogP contribution in [0.3, 0.4) is 0 Å². The van der Waals surface area contributed by atoms with Crippen molar-refractivity contribution in [3.05, 3.63) is 42.5 Å². The van der Waals surface area contributed by atoms with Crippen LogP contribution in [-0.2, 0) is 4.79 Å². The van der Waals surface area contributed by atoms with E-state index in [9.17, 15) is 9.59 Å². The number of benzene rings is 1. The van der Waals surface area contributed by atoms with E-state index in [1.807, 2.05) is 6.07 Å². The van der Waals surface area contributed by atoms with Crippen molar-refractivity contribution in [1.82, 2.24) is 5.32 Å². The molecule has 1 rings (SSSR count). The summed E-state index contributed by atoms with van der Waals surface area (Å²) in [7, 11) is 0. The zero-order valence-electron chi connectivity index (χ0n) is 9.73. The Hall–Kier alpha value is -2.10. The summed E-state index contributed by atoms with van der Waals surface area (Å²) in [5.41, 5.74) is 0.489. The van der Waals surface area contributed by atoms with Gasteiger partial charge in [0, 0.05) is 13.0 Å². The van der Waals surface area contributed by atoms with Gasteiger partial charge in [-0.05, 0) is 24.6 Å². The zero-order valence-corrected chi connectivity index (χ0v) is 9.73. The van der Waals surface area contributed by atoms with Crippen molar-refractivity contribution in [3.8, 4) is 5.75 Å². The maximum atomic E-state index is 11.3. The lowest BCUT2D eigenvalue weighted by molar-refractivity contribution is -0.115. The minimum Gasteiger partial charge on any atom is -0.410 e. The molecule has 1 amide bonds. The second-order valence-electron chi connectivity index (χ2n) is 3.58. The van der Waals surface area contributed by atoms with Crippen LogP contribution in [0.4, 0.5) is 4.79 Å². The molecule has 1 N–H and O–H groups in total. The molecule has 0 aliphatic carbocycles. The summed E-state index contributed by atoms with van der Waals surface area (Å²) in [6.45, 7) is 5.42. The van der Waals surface area contributed by atoms with E-state index in [1.54, 1.807) is 31.2 Å². The summed E-state index contributed by atoms with van der Waals surface area (Å²) in [5, 5.41) is 2.49. The van der Waals surface area contributed by atoms with Gasteiger partial charge in [0.1, 0.15) is 5.75 Å². The first kappa shape index (κ1) is 13.0. The van der Waals surface area contributed by atoms with Crippen LogP contribution in [-0.4, -0.2) is 18.4 Å². The third-order valence-corrected chi connectivity index (χ3v) is 2.05. The predicted molar refractivity (Wildman–Crippen MR) is 64.9 cm³/mol. The first-order valence-electron chi connectivity index (χ1n) is 5.29. The van der Waals surface area contributed by atoms with Gasteiger partial charge in [0.15, 0.2) is 5.78 Å². The lowest BCUT2D eigenvalue weighted by atomic mass is 10.2. The lowest BCUT2D eigenvalue weighted by Gasteiger charge is -2.05. The highest BCUT2D eigenvalue weighted by molar-refractivity contribution is 5.94. The number of ketones is 1. The second kappa shape index (κ2) is 6.48. The van der Waals surface area contributed by atoms with Crippen molar-refractivity contribution in [2.45, 2.75) is 13.3 Å². The van der Waals surface area contributed by atoms with Crippen LogP contribution in [0.15, 0.2) is 42.5 Å². The first-order chi connectivity index (χ1) is 8.09. The zero-order chi connectivity index (χ0) is 12.7. The van der Waals surface area contributed by atoms with E-state index in [1.165, 1.54) is 0 Å². The number of rotatable bonds is 5. The van der Waals surface area contributed by atoms with Crippen LogP contribution < -0.4 is 10.1 Å². The van der Waals surface area contributed by atoms with Crippen molar-refractivity contribution in [2.75, 3.05) is 6.54 Å². The average molecular weight is 233 g/mol. The van der Waals surface area contributed by atoms with E-state index in [0.717, 1.165) is 0 Å². The topological polar surface area (TPSA) is 55.4 Å². The van der Waals surface area contributed by atoms with Gasteiger partial charge in [0.05, 0.1) is 0 Å². The number of hydrogen-bond donors (Lipinski definition) is 1. The summed E-state index contributed by atoms with van der Waals surface area (Å²) < 4.78 is 4.97. The molecule has 0 fully saturated rings. The molecule has 17 heavy (non-hydrogen) atoms. The lowest BCUT2D eigenvalue weighted by Crippen LogP contribution is -2.29. The Balaban J connectivity index is 2.27. The van der Waals surface area contributed by atoms with Gasteiger partial charge in [-0.2, -0.15) is 0 Å². The van der Waals surface area contributed by atoms with E-state index in [4.69, 9.17) is 4.74 Å². The molecule has 0 aromatic heterocycles. The second-order valence-corrected chi connectivity index (χ2v) is 3.58. The minimum absolute atomic E-state index is 0.0648. The molecule has 0 saturated heterocycles. The molecule has 0 radical (unpaired) electrons. The highest BCUT2D eigenvalue weighted by Crippen LogP contribution is 2.07. The van der Waals surface area contributed by atoms with E-state index < -0.39 is 6.09 Å². The number of ether oxygens (including phenoxy) is 1. The third kappa shape index (κ3) is 4.97. The van der Waals surface area contributed by atoms with Gasteiger partial charge in [0.25, 0.3) is 0 Å². The number of hydrogen-bond acceptors (Lipinski definition) is 3. The molecule has 0 aliphatic rings. The summed E-state index contributed by atoms with van der Waals surface area (Å²) in [5.74, 6) is 0.404. The maximum Gasteiger partial charge on any atom is 0.412 e. The maximum absolute atomic E-state index is 11.3. The Kier molecular flexibility index (Phi) is 4.94. The van der Waals surface area contributed by atoms with Crippen LogP contribution in [0.2, 0.25) is 0 Å². The first-order valence-corrected chi connectivity index (χ1v) is 5.29. The number of nitrogens with one attached hydrogen (secondary N) is 1. The number of carbonyl (C=O) groups excluding carboxylic acids is 2. The van der Waals surface area contributed by atoms with Gasteiger partial charge in [-0.1, -0.05) is 24.8 Å². The summed E-state index contributed by atoms with van der Waals surface area (Å²) >= 11 is 0. The van der Waals surface area contributed by atoms with Gasteiger partial charge in [-0.3, -0.25) is 4.79 Å². The van der Waals surface area contributed by atoms with Crippen LogP contribution in [0, 0.1) is 0 Å². The Labute approximate surface area is 100 Å². The number of amides is 1. The van der Waals surface area contributed by atoms with Crippen molar-refractivity contribution in [1.29, 1.82) is 0 Å². The molecule has 1 aromatic carbocycles. The van der Waals surface area contributed by atoms with E-state index in [-0.39, 0.29) is 18.7 Å². The molecule has 4 nitrogen and oxygen atoms in total. The average Bonchev–Trinajstić information content (AvgIpc) is 2.30. The monoisotopic (exact) mass is 233 g/mol. The number of Topliss-reactive ketones (excluding diaryl/α,β-unsaturated/α-hetero) is 1. The van der Waals surface area contributed by atoms with Crippen LogP contribution in [0.5, 0.6) is 5.75 Å². The van der Waals surface area contributed by atoms with Gasteiger partial charge >= 0.3 is 6.09 Å². The SMILES string of the molecule is C=C(C)C(=O)CCNC(=O)Oc1ccccc1. The molecule has 0 heterocycles. The Morgan fingerprint density at radius 1 is 1.29 bits per heavy atom. The number of allylic oxidation sites excluding steroid dienone is 1. The molecular weight excluding hydrogens is 218 g/mol. The molecule has 0 unspecified atom stereocenters. The fourth-order valence-corrected chi connectivity index (χ4v) is 1.12. The number of para-hydroxylation sites is 1. The van der Waals surface area contributed by atoms with Gasteiger partial charge in [-0.25, -0.2) is 4.79 Å².